The summed E-state index contributed by atoms with van der Waals surface area (Å²) in [6.07, 6.45) is 3.18. The molecule has 1 aromatic carbocycles. The SMILES string of the molecule is COc1c(NC(=O)c2cc[nH]c2)ccc(F)c1N. The molecule has 18 heavy (non-hydrogen) atoms. The number of benzene rings is 1. The highest BCUT2D eigenvalue weighted by Gasteiger charge is 2.14. The van der Waals surface area contributed by atoms with Crippen molar-refractivity contribution in [3.05, 3.63) is 42.0 Å². The molecule has 94 valence electrons. The van der Waals surface area contributed by atoms with Gasteiger partial charge < -0.3 is 20.8 Å². The Hall–Kier alpha value is -2.50. The fourth-order valence-electron chi connectivity index (χ4n) is 1.55. The Balaban J connectivity index is 2.30. The van der Waals surface area contributed by atoms with E-state index in [1.165, 1.54) is 19.2 Å². The van der Waals surface area contributed by atoms with Gasteiger partial charge in [-0.3, -0.25) is 4.79 Å². The predicted molar refractivity (Wildman–Crippen MR) is 66.1 cm³/mol. The van der Waals surface area contributed by atoms with Crippen LogP contribution in [0, 0.1) is 5.82 Å². The number of rotatable bonds is 3. The highest BCUT2D eigenvalue weighted by atomic mass is 19.1. The Kier molecular flexibility index (Phi) is 3.18. The Bertz CT molecular complexity index is 567. The van der Waals surface area contributed by atoms with Crippen molar-refractivity contribution in [1.82, 2.24) is 4.98 Å². The first-order valence-electron chi connectivity index (χ1n) is 5.19. The van der Waals surface area contributed by atoms with Gasteiger partial charge in [0, 0.05) is 12.4 Å². The van der Waals surface area contributed by atoms with Crippen molar-refractivity contribution in [2.45, 2.75) is 0 Å². The second kappa shape index (κ2) is 4.79. The second-order valence-corrected chi connectivity index (χ2v) is 3.60. The number of hydrogen-bond acceptors (Lipinski definition) is 3. The average Bonchev–Trinajstić information content (AvgIpc) is 2.88. The molecule has 2 rings (SSSR count). The second-order valence-electron chi connectivity index (χ2n) is 3.60. The summed E-state index contributed by atoms with van der Waals surface area (Å²) in [4.78, 5) is 14.6. The van der Waals surface area contributed by atoms with Crippen LogP contribution in [-0.4, -0.2) is 18.0 Å². The maximum absolute atomic E-state index is 13.2. The zero-order valence-corrected chi connectivity index (χ0v) is 9.66. The first-order valence-corrected chi connectivity index (χ1v) is 5.19. The van der Waals surface area contributed by atoms with Crippen molar-refractivity contribution >= 4 is 17.3 Å². The van der Waals surface area contributed by atoms with E-state index in [2.05, 4.69) is 10.3 Å². The monoisotopic (exact) mass is 249 g/mol. The molecular formula is C12H12FN3O2. The Labute approximate surface area is 103 Å². The minimum Gasteiger partial charge on any atom is -0.492 e. The van der Waals surface area contributed by atoms with Gasteiger partial charge in [-0.05, 0) is 18.2 Å². The van der Waals surface area contributed by atoms with Crippen LogP contribution in [0.25, 0.3) is 0 Å². The number of ether oxygens (including phenoxy) is 1. The summed E-state index contributed by atoms with van der Waals surface area (Å²) < 4.78 is 18.2. The summed E-state index contributed by atoms with van der Waals surface area (Å²) in [5.74, 6) is -0.814. The lowest BCUT2D eigenvalue weighted by molar-refractivity contribution is 0.102. The minimum absolute atomic E-state index is 0.110. The lowest BCUT2D eigenvalue weighted by Crippen LogP contribution is -2.12. The van der Waals surface area contributed by atoms with Crippen molar-refractivity contribution in [2.24, 2.45) is 0 Å². The van der Waals surface area contributed by atoms with E-state index in [-0.39, 0.29) is 17.3 Å². The molecule has 0 unspecified atom stereocenters. The number of carbonyl (C=O) groups is 1. The molecule has 6 heteroatoms. The highest BCUT2D eigenvalue weighted by molar-refractivity contribution is 6.05. The first-order chi connectivity index (χ1) is 8.63. The first kappa shape index (κ1) is 12.0. The van der Waals surface area contributed by atoms with Crippen LogP contribution in [0.3, 0.4) is 0 Å². The number of methoxy groups -OCH3 is 1. The average molecular weight is 249 g/mol. The molecule has 0 aliphatic heterocycles. The lowest BCUT2D eigenvalue weighted by Gasteiger charge is -2.12. The topological polar surface area (TPSA) is 80.1 Å². The normalized spacial score (nSPS) is 10.1. The third-order valence-corrected chi connectivity index (χ3v) is 2.46. The van der Waals surface area contributed by atoms with Crippen LogP contribution in [0.1, 0.15) is 10.4 Å². The zero-order valence-electron chi connectivity index (χ0n) is 9.66. The van der Waals surface area contributed by atoms with Crippen LogP contribution >= 0.6 is 0 Å². The smallest absolute Gasteiger partial charge is 0.257 e. The molecule has 2 aromatic rings. The minimum atomic E-state index is -0.591. The molecule has 1 heterocycles. The fraction of sp³-hybridized carbons (Fsp3) is 0.0833. The van der Waals surface area contributed by atoms with Gasteiger partial charge in [0.2, 0.25) is 0 Å². The van der Waals surface area contributed by atoms with Crippen LogP contribution in [0.4, 0.5) is 15.8 Å². The van der Waals surface area contributed by atoms with Crippen LogP contribution in [0.2, 0.25) is 0 Å². The summed E-state index contributed by atoms with van der Waals surface area (Å²) in [6, 6.07) is 4.19. The molecule has 0 saturated carbocycles. The van der Waals surface area contributed by atoms with Crippen LogP contribution in [0.15, 0.2) is 30.6 Å². The van der Waals surface area contributed by atoms with Crippen LogP contribution in [0.5, 0.6) is 5.75 Å². The van der Waals surface area contributed by atoms with Gasteiger partial charge in [0.25, 0.3) is 5.91 Å². The number of H-pyrrole nitrogens is 1. The number of amides is 1. The van der Waals surface area contributed by atoms with E-state index in [4.69, 9.17) is 10.5 Å². The molecular weight excluding hydrogens is 237 g/mol. The molecule has 1 aromatic heterocycles. The molecule has 0 fully saturated rings. The number of anilines is 2. The van der Waals surface area contributed by atoms with Gasteiger partial charge in [0.15, 0.2) is 5.75 Å². The van der Waals surface area contributed by atoms with Gasteiger partial charge in [-0.1, -0.05) is 0 Å². The molecule has 4 N–H and O–H groups in total. The van der Waals surface area contributed by atoms with E-state index in [9.17, 15) is 9.18 Å². The molecule has 0 aliphatic carbocycles. The molecule has 0 radical (unpaired) electrons. The molecule has 0 atom stereocenters. The van der Waals surface area contributed by atoms with Gasteiger partial charge in [-0.2, -0.15) is 0 Å². The van der Waals surface area contributed by atoms with Gasteiger partial charge in [-0.15, -0.1) is 0 Å². The molecule has 0 spiro atoms. The molecule has 1 amide bonds. The van der Waals surface area contributed by atoms with Crippen molar-refractivity contribution in [3.8, 4) is 5.75 Å². The van der Waals surface area contributed by atoms with Crippen LogP contribution < -0.4 is 15.8 Å². The third-order valence-electron chi connectivity index (χ3n) is 2.46. The standard InChI is InChI=1S/C12H12FN3O2/c1-18-11-9(3-2-8(13)10(11)14)16-12(17)7-4-5-15-6-7/h2-6,15H,14H2,1H3,(H,16,17). The number of halogens is 1. The Morgan fingerprint density at radius 2 is 2.22 bits per heavy atom. The Morgan fingerprint density at radius 3 is 2.83 bits per heavy atom. The number of carbonyl (C=O) groups excluding carboxylic acids is 1. The Morgan fingerprint density at radius 1 is 1.44 bits per heavy atom. The van der Waals surface area contributed by atoms with E-state index in [1.54, 1.807) is 18.5 Å². The van der Waals surface area contributed by atoms with Crippen molar-refractivity contribution < 1.29 is 13.9 Å². The van der Waals surface area contributed by atoms with E-state index in [0.717, 1.165) is 0 Å². The van der Waals surface area contributed by atoms with E-state index in [0.29, 0.717) is 11.3 Å². The number of hydrogen-bond donors (Lipinski definition) is 3. The summed E-state index contributed by atoms with van der Waals surface area (Å²) in [5.41, 5.74) is 6.18. The van der Waals surface area contributed by atoms with Crippen molar-refractivity contribution in [1.29, 1.82) is 0 Å². The third kappa shape index (κ3) is 2.13. The molecule has 0 saturated heterocycles. The summed E-state index contributed by atoms with van der Waals surface area (Å²) in [5, 5.41) is 2.60. The predicted octanol–water partition coefficient (Wildman–Crippen LogP) is 2.00. The largest absolute Gasteiger partial charge is 0.492 e. The van der Waals surface area contributed by atoms with Crippen LogP contribution in [-0.2, 0) is 0 Å². The molecule has 5 nitrogen and oxygen atoms in total. The lowest BCUT2D eigenvalue weighted by atomic mass is 10.2. The van der Waals surface area contributed by atoms with E-state index < -0.39 is 5.82 Å². The summed E-state index contributed by atoms with van der Waals surface area (Å²) >= 11 is 0. The van der Waals surface area contributed by atoms with Gasteiger partial charge in [-0.25, -0.2) is 4.39 Å². The number of nitrogens with two attached hydrogens (primary N) is 1. The highest BCUT2D eigenvalue weighted by Crippen LogP contribution is 2.33. The fourth-order valence-corrected chi connectivity index (χ4v) is 1.55. The number of aromatic amines is 1. The van der Waals surface area contributed by atoms with Crippen molar-refractivity contribution in [3.63, 3.8) is 0 Å². The quantitative estimate of drug-likeness (QED) is 0.728. The van der Waals surface area contributed by atoms with E-state index in [1.807, 2.05) is 0 Å². The number of nitrogen functional groups attached to an aromatic ring is 1. The maximum atomic E-state index is 13.2. The summed E-state index contributed by atoms with van der Waals surface area (Å²) in [7, 11) is 1.36. The molecule has 0 aliphatic rings. The number of aromatic nitrogens is 1. The van der Waals surface area contributed by atoms with E-state index >= 15 is 0 Å². The van der Waals surface area contributed by atoms with Gasteiger partial charge in [0.05, 0.1) is 18.4 Å². The zero-order chi connectivity index (χ0) is 13.1. The van der Waals surface area contributed by atoms with Gasteiger partial charge >= 0.3 is 0 Å². The van der Waals surface area contributed by atoms with Crippen molar-refractivity contribution in [2.75, 3.05) is 18.2 Å². The summed E-state index contributed by atoms with van der Waals surface area (Å²) in [6.45, 7) is 0. The van der Waals surface area contributed by atoms with Gasteiger partial charge in [0.1, 0.15) is 11.5 Å². The maximum Gasteiger partial charge on any atom is 0.257 e. The number of nitrogens with one attached hydrogen (secondary N) is 2. The molecule has 0 bridgehead atoms.